The molecule has 0 saturated heterocycles. The fraction of sp³-hybridized carbons (Fsp3) is 0.571. The van der Waals surface area contributed by atoms with E-state index >= 15 is 0 Å². The number of nitrogens with one attached hydrogen (secondary N) is 1. The van der Waals surface area contributed by atoms with Gasteiger partial charge in [-0.1, -0.05) is 13.8 Å². The van der Waals surface area contributed by atoms with Crippen LogP contribution in [-0.2, 0) is 6.54 Å². The Morgan fingerprint density at radius 3 is 2.21 bits per heavy atom. The summed E-state index contributed by atoms with van der Waals surface area (Å²) in [5.41, 5.74) is -0.629. The smallest absolute Gasteiger partial charge is 0.190 e. The van der Waals surface area contributed by atoms with Crippen molar-refractivity contribution in [1.29, 1.82) is 0 Å². The normalized spacial score (nSPS) is 12.0. The predicted molar refractivity (Wildman–Crippen MR) is 70.1 cm³/mol. The molecule has 3 nitrogen and oxygen atoms in total. The van der Waals surface area contributed by atoms with Crippen LogP contribution in [-0.4, -0.2) is 23.4 Å². The van der Waals surface area contributed by atoms with Crippen LogP contribution in [0.15, 0.2) is 12.1 Å². The van der Waals surface area contributed by atoms with E-state index in [-0.39, 0.29) is 12.6 Å². The number of hydrogen-bond acceptors (Lipinski definition) is 3. The zero-order chi connectivity index (χ0) is 14.6. The van der Waals surface area contributed by atoms with Gasteiger partial charge in [0.25, 0.3) is 0 Å². The average Bonchev–Trinajstić information content (AvgIpc) is 2.23. The summed E-state index contributed by atoms with van der Waals surface area (Å²) in [6.07, 6.45) is 0. The lowest BCUT2D eigenvalue weighted by Crippen LogP contribution is -2.28. The molecule has 0 aliphatic heterocycles. The Morgan fingerprint density at radius 1 is 1.26 bits per heavy atom. The van der Waals surface area contributed by atoms with Crippen molar-refractivity contribution in [2.24, 2.45) is 0 Å². The van der Waals surface area contributed by atoms with Gasteiger partial charge in [0.1, 0.15) is 6.61 Å². The van der Waals surface area contributed by atoms with Crippen molar-refractivity contribution in [3.05, 3.63) is 29.3 Å². The fourth-order valence-corrected chi connectivity index (χ4v) is 1.42. The highest BCUT2D eigenvalue weighted by atomic mass is 19.1. The van der Waals surface area contributed by atoms with Crippen molar-refractivity contribution < 1.29 is 18.6 Å². The summed E-state index contributed by atoms with van der Waals surface area (Å²) < 4.78 is 32.5. The largest absolute Gasteiger partial charge is 0.485 e. The minimum absolute atomic E-state index is 0.176. The van der Waals surface area contributed by atoms with E-state index in [0.29, 0.717) is 12.1 Å². The molecule has 0 aliphatic carbocycles. The van der Waals surface area contributed by atoms with Gasteiger partial charge in [-0.2, -0.15) is 0 Å². The maximum atomic E-state index is 13.7. The third-order valence-corrected chi connectivity index (χ3v) is 2.34. The highest BCUT2D eigenvalue weighted by molar-refractivity contribution is 5.31. The standard InChI is InChI=1S/C14H21F2NO2/c1-9(2)17-7-10-5-11(15)13(12(16)6-10)19-8-14(3,4)18/h5-6,9,17-18H,7-8H2,1-4H3. The maximum Gasteiger partial charge on any atom is 0.190 e. The van der Waals surface area contributed by atoms with Crippen molar-refractivity contribution >= 4 is 0 Å². The molecule has 0 aliphatic rings. The Bertz CT molecular complexity index is 405. The topological polar surface area (TPSA) is 41.5 Å². The lowest BCUT2D eigenvalue weighted by Gasteiger charge is -2.18. The third kappa shape index (κ3) is 5.53. The highest BCUT2D eigenvalue weighted by Gasteiger charge is 2.18. The SMILES string of the molecule is CC(C)NCc1cc(F)c(OCC(C)(C)O)c(F)c1. The van der Waals surface area contributed by atoms with Gasteiger partial charge in [-0.25, -0.2) is 8.78 Å². The van der Waals surface area contributed by atoms with Gasteiger partial charge in [0.15, 0.2) is 17.4 Å². The van der Waals surface area contributed by atoms with E-state index in [1.54, 1.807) is 0 Å². The van der Waals surface area contributed by atoms with Gasteiger partial charge in [0, 0.05) is 12.6 Å². The molecule has 0 amide bonds. The summed E-state index contributed by atoms with van der Waals surface area (Å²) in [7, 11) is 0. The molecular formula is C14H21F2NO2. The molecule has 0 radical (unpaired) electrons. The maximum absolute atomic E-state index is 13.7. The van der Waals surface area contributed by atoms with Crippen LogP contribution in [0.5, 0.6) is 5.75 Å². The summed E-state index contributed by atoms with van der Waals surface area (Å²) in [6.45, 7) is 7.12. The number of benzene rings is 1. The number of aliphatic hydroxyl groups is 1. The fourth-order valence-electron chi connectivity index (χ4n) is 1.42. The Balaban J connectivity index is 2.79. The third-order valence-electron chi connectivity index (χ3n) is 2.34. The molecule has 19 heavy (non-hydrogen) atoms. The van der Waals surface area contributed by atoms with Gasteiger partial charge in [-0.05, 0) is 31.5 Å². The Labute approximate surface area is 112 Å². The van der Waals surface area contributed by atoms with E-state index in [2.05, 4.69) is 5.32 Å². The Morgan fingerprint density at radius 2 is 1.79 bits per heavy atom. The molecule has 0 saturated carbocycles. The van der Waals surface area contributed by atoms with Gasteiger partial charge in [0.2, 0.25) is 0 Å². The number of hydrogen-bond donors (Lipinski definition) is 2. The molecule has 0 aromatic heterocycles. The van der Waals surface area contributed by atoms with Gasteiger partial charge in [0.05, 0.1) is 5.60 Å². The zero-order valence-corrected chi connectivity index (χ0v) is 11.8. The van der Waals surface area contributed by atoms with Crippen molar-refractivity contribution in [3.8, 4) is 5.75 Å². The van der Waals surface area contributed by atoms with Gasteiger partial charge in [-0.15, -0.1) is 0 Å². The van der Waals surface area contributed by atoms with Crippen LogP contribution in [0, 0.1) is 11.6 Å². The molecule has 1 aromatic carbocycles. The van der Waals surface area contributed by atoms with Crippen LogP contribution >= 0.6 is 0 Å². The second-order valence-electron chi connectivity index (χ2n) is 5.53. The van der Waals surface area contributed by atoms with Crippen LogP contribution < -0.4 is 10.1 Å². The second-order valence-corrected chi connectivity index (χ2v) is 5.53. The summed E-state index contributed by atoms with van der Waals surface area (Å²) in [6, 6.07) is 2.70. The summed E-state index contributed by atoms with van der Waals surface area (Å²) in [5.74, 6) is -1.97. The Kier molecular flexibility index (Phi) is 5.26. The number of rotatable bonds is 6. The molecule has 0 heterocycles. The first-order valence-electron chi connectivity index (χ1n) is 6.25. The van der Waals surface area contributed by atoms with Gasteiger partial charge in [-0.3, -0.25) is 0 Å². The molecule has 0 fully saturated rings. The Hall–Kier alpha value is -1.20. The van der Waals surface area contributed by atoms with Crippen molar-refractivity contribution in [1.82, 2.24) is 5.32 Å². The molecule has 0 atom stereocenters. The lowest BCUT2D eigenvalue weighted by atomic mass is 10.1. The van der Waals surface area contributed by atoms with E-state index < -0.39 is 23.0 Å². The van der Waals surface area contributed by atoms with Crippen molar-refractivity contribution in [2.45, 2.75) is 45.9 Å². The molecule has 1 aromatic rings. The van der Waals surface area contributed by atoms with Crippen LogP contribution in [0.1, 0.15) is 33.3 Å². The van der Waals surface area contributed by atoms with Crippen LogP contribution in [0.25, 0.3) is 0 Å². The van der Waals surface area contributed by atoms with Crippen molar-refractivity contribution in [2.75, 3.05) is 6.61 Å². The highest BCUT2D eigenvalue weighted by Crippen LogP contribution is 2.24. The number of halogens is 2. The second kappa shape index (κ2) is 6.30. The molecule has 108 valence electrons. The summed E-state index contributed by atoms with van der Waals surface area (Å²) >= 11 is 0. The van der Waals surface area contributed by atoms with E-state index in [4.69, 9.17) is 4.74 Å². The predicted octanol–water partition coefficient (Wildman–Crippen LogP) is 2.61. The minimum atomic E-state index is -1.14. The summed E-state index contributed by atoms with van der Waals surface area (Å²) in [4.78, 5) is 0. The molecule has 0 spiro atoms. The van der Waals surface area contributed by atoms with E-state index in [0.717, 1.165) is 0 Å². The van der Waals surface area contributed by atoms with E-state index in [1.165, 1.54) is 26.0 Å². The first-order valence-corrected chi connectivity index (χ1v) is 6.25. The van der Waals surface area contributed by atoms with Crippen LogP contribution in [0.2, 0.25) is 0 Å². The van der Waals surface area contributed by atoms with Gasteiger partial charge >= 0.3 is 0 Å². The molecule has 0 unspecified atom stereocenters. The number of ether oxygens (including phenoxy) is 1. The van der Waals surface area contributed by atoms with Crippen molar-refractivity contribution in [3.63, 3.8) is 0 Å². The van der Waals surface area contributed by atoms with E-state index in [9.17, 15) is 13.9 Å². The first-order chi connectivity index (χ1) is 8.69. The minimum Gasteiger partial charge on any atom is -0.485 e. The van der Waals surface area contributed by atoms with Crippen LogP contribution in [0.3, 0.4) is 0 Å². The molecule has 2 N–H and O–H groups in total. The molecule has 5 heteroatoms. The van der Waals surface area contributed by atoms with E-state index in [1.807, 2.05) is 13.8 Å². The molecule has 0 bridgehead atoms. The average molecular weight is 273 g/mol. The molecule has 1 rings (SSSR count). The molecular weight excluding hydrogens is 252 g/mol. The lowest BCUT2D eigenvalue weighted by molar-refractivity contribution is 0.0257. The first kappa shape index (κ1) is 15.9. The van der Waals surface area contributed by atoms with Crippen LogP contribution in [0.4, 0.5) is 8.78 Å². The summed E-state index contributed by atoms with van der Waals surface area (Å²) in [5, 5.41) is 12.6. The zero-order valence-electron chi connectivity index (χ0n) is 11.8. The quantitative estimate of drug-likeness (QED) is 0.837. The monoisotopic (exact) mass is 273 g/mol. The van der Waals surface area contributed by atoms with Gasteiger partial charge < -0.3 is 15.2 Å².